The molecule has 0 spiro atoms. The summed E-state index contributed by atoms with van der Waals surface area (Å²) in [5.41, 5.74) is 7.22. The van der Waals surface area contributed by atoms with Crippen LogP contribution >= 0.6 is 11.6 Å². The van der Waals surface area contributed by atoms with Crippen molar-refractivity contribution in [1.29, 1.82) is 0 Å². The number of hydrogen-bond donors (Lipinski definition) is 1. The lowest BCUT2D eigenvalue weighted by atomic mass is 10.1. The number of nitrogens with zero attached hydrogens (tertiary/aromatic N) is 5. The van der Waals surface area contributed by atoms with E-state index in [0.29, 0.717) is 22.6 Å². The van der Waals surface area contributed by atoms with Gasteiger partial charge in [0.05, 0.1) is 30.6 Å². The third kappa shape index (κ3) is 8.04. The largest absolute Gasteiger partial charge is 0.496 e. The zero-order chi connectivity index (χ0) is 30.6. The molecule has 0 saturated heterocycles. The van der Waals surface area contributed by atoms with E-state index in [9.17, 15) is 14.4 Å². The lowest BCUT2D eigenvalue weighted by Gasteiger charge is -2.28. The molecule has 0 unspecified atom stereocenters. The lowest BCUT2D eigenvalue weighted by molar-refractivity contribution is -0.107. The average Bonchev–Trinajstić information content (AvgIpc) is 3.08. The Bertz CT molecular complexity index is 1310. The molecule has 0 bridgehead atoms. The predicted molar refractivity (Wildman–Crippen MR) is 152 cm³/mol. The van der Waals surface area contributed by atoms with Crippen molar-refractivity contribution >= 4 is 41.1 Å². The summed E-state index contributed by atoms with van der Waals surface area (Å²) in [4.78, 5) is 46.4. The number of methoxy groups -OCH3 is 1. The number of nitrogens with two attached hydrogens (primary N) is 1. The number of aldehydes is 1. The molecule has 13 heteroatoms. The normalized spacial score (nSPS) is 12.1. The number of nitrogen functional groups attached to an aromatic ring is 1. The van der Waals surface area contributed by atoms with Crippen molar-refractivity contribution in [3.8, 4) is 5.75 Å². The van der Waals surface area contributed by atoms with Crippen molar-refractivity contribution in [3.63, 3.8) is 0 Å². The van der Waals surface area contributed by atoms with Gasteiger partial charge in [-0.1, -0.05) is 18.2 Å². The van der Waals surface area contributed by atoms with E-state index in [1.807, 2.05) is 13.8 Å². The number of imide groups is 1. The first-order valence-corrected chi connectivity index (χ1v) is 12.7. The van der Waals surface area contributed by atoms with Crippen LogP contribution in [0.4, 0.5) is 15.4 Å². The van der Waals surface area contributed by atoms with E-state index in [1.165, 1.54) is 4.68 Å². The van der Waals surface area contributed by atoms with Gasteiger partial charge in [0.15, 0.2) is 0 Å². The van der Waals surface area contributed by atoms with E-state index in [-0.39, 0.29) is 35.2 Å². The highest BCUT2D eigenvalue weighted by atomic mass is 35.5. The van der Waals surface area contributed by atoms with Crippen LogP contribution in [0.1, 0.15) is 69.6 Å². The van der Waals surface area contributed by atoms with Gasteiger partial charge in [0.1, 0.15) is 40.0 Å². The molecule has 12 nitrogen and oxygen atoms in total. The predicted octanol–water partition coefficient (Wildman–Crippen LogP) is 4.90. The molecular weight excluding hydrogens is 540 g/mol. The van der Waals surface area contributed by atoms with Crippen LogP contribution in [0, 0.1) is 13.8 Å². The van der Waals surface area contributed by atoms with E-state index in [2.05, 4.69) is 21.7 Å². The quantitative estimate of drug-likeness (QED) is 0.341. The Labute approximate surface area is 239 Å². The third-order valence-electron chi connectivity index (χ3n) is 5.23. The van der Waals surface area contributed by atoms with E-state index in [4.69, 9.17) is 31.5 Å². The molecular formula is C27H37ClN6O6. The first kappa shape index (κ1) is 32.3. The van der Waals surface area contributed by atoms with E-state index >= 15 is 0 Å². The number of anilines is 1. The van der Waals surface area contributed by atoms with Crippen LogP contribution in [0.2, 0.25) is 0 Å². The van der Waals surface area contributed by atoms with Gasteiger partial charge in [0.2, 0.25) is 0 Å². The van der Waals surface area contributed by atoms with E-state index in [1.54, 1.807) is 54.8 Å². The summed E-state index contributed by atoms with van der Waals surface area (Å²) >= 11 is 6.56. The molecule has 0 fully saturated rings. The number of carbonyl (C=O) groups excluding carboxylic acids is 3. The summed E-state index contributed by atoms with van der Waals surface area (Å²) in [5.74, 6) is 0.378. The minimum absolute atomic E-state index is 0.0835. The molecule has 0 aliphatic carbocycles. The molecule has 0 atom stereocenters. The van der Waals surface area contributed by atoms with Crippen LogP contribution in [0.3, 0.4) is 0 Å². The maximum absolute atomic E-state index is 12.9. The van der Waals surface area contributed by atoms with E-state index in [0.717, 1.165) is 11.1 Å². The van der Waals surface area contributed by atoms with Crippen molar-refractivity contribution in [2.75, 3.05) is 12.8 Å². The first-order valence-electron chi connectivity index (χ1n) is 12.4. The summed E-state index contributed by atoms with van der Waals surface area (Å²) < 4.78 is 17.6. The summed E-state index contributed by atoms with van der Waals surface area (Å²) in [6, 6.07) is 0. The number of ether oxygens (including phenoxy) is 3. The van der Waals surface area contributed by atoms with Gasteiger partial charge >= 0.3 is 12.2 Å². The molecule has 2 aromatic heterocycles. The smallest absolute Gasteiger partial charge is 0.425 e. The van der Waals surface area contributed by atoms with Gasteiger partial charge in [-0.2, -0.15) is 10.00 Å². The van der Waals surface area contributed by atoms with Gasteiger partial charge in [-0.3, -0.25) is 4.98 Å². The van der Waals surface area contributed by atoms with Crippen molar-refractivity contribution in [3.05, 3.63) is 46.7 Å². The molecule has 2 heterocycles. The number of aliphatic imine (C=N–C) groups is 1. The molecule has 0 aromatic carbocycles. The lowest BCUT2D eigenvalue weighted by Crippen LogP contribution is -2.42. The maximum Gasteiger partial charge on any atom is 0.425 e. The molecule has 40 heavy (non-hydrogen) atoms. The fraction of sp³-hybridized carbons (Fsp3) is 0.481. The highest BCUT2D eigenvalue weighted by Gasteiger charge is 2.34. The van der Waals surface area contributed by atoms with Crippen LogP contribution in [-0.2, 0) is 27.2 Å². The van der Waals surface area contributed by atoms with Crippen LogP contribution < -0.4 is 10.5 Å². The molecule has 0 radical (unpaired) electrons. The average molecular weight is 577 g/mol. The minimum Gasteiger partial charge on any atom is -0.496 e. The Kier molecular flexibility index (Phi) is 10.1. The summed E-state index contributed by atoms with van der Waals surface area (Å²) in [5, 5.41) is 4.19. The van der Waals surface area contributed by atoms with Crippen LogP contribution in [0.25, 0.3) is 0 Å². The Morgan fingerprint density at radius 2 is 1.68 bits per heavy atom. The number of halogens is 1. The molecule has 2 amide bonds. The van der Waals surface area contributed by atoms with Crippen molar-refractivity contribution in [2.45, 2.75) is 79.6 Å². The summed E-state index contributed by atoms with van der Waals surface area (Å²) in [6.45, 7) is 17.4. The summed E-state index contributed by atoms with van der Waals surface area (Å²) in [6.07, 6.45) is 0.0593. The number of amides is 2. The van der Waals surface area contributed by atoms with Crippen molar-refractivity contribution in [2.24, 2.45) is 4.99 Å². The second-order valence-corrected chi connectivity index (χ2v) is 11.3. The number of hydrogen-bond acceptors (Lipinski definition) is 10. The van der Waals surface area contributed by atoms with Crippen molar-refractivity contribution < 1.29 is 28.6 Å². The zero-order valence-corrected chi connectivity index (χ0v) is 25.2. The summed E-state index contributed by atoms with van der Waals surface area (Å²) in [7, 11) is 1.57. The Morgan fingerprint density at radius 3 is 2.15 bits per heavy atom. The standard InChI is InChI=1S/C27H37ClN6O6/c1-15-13-30-19(16(2)21(15)38-10)14-33-23(29)20(18(32-33)11-12-35)22(28)31-17(3)34(24(36)39-26(4,5)6)25(37)40-27(7,8)9/h12-13H,3,11,14,29H2,1-2,4-10H3/b31-22+. The molecule has 0 saturated carbocycles. The molecule has 2 aromatic rings. The minimum atomic E-state index is -1.06. The van der Waals surface area contributed by atoms with Gasteiger partial charge in [-0.05, 0) is 55.4 Å². The fourth-order valence-electron chi connectivity index (χ4n) is 3.59. The van der Waals surface area contributed by atoms with Gasteiger partial charge in [0.25, 0.3) is 0 Å². The van der Waals surface area contributed by atoms with Crippen LogP contribution in [-0.4, -0.2) is 61.6 Å². The molecule has 2 rings (SSSR count). The molecule has 0 aliphatic heterocycles. The fourth-order valence-corrected chi connectivity index (χ4v) is 3.89. The zero-order valence-electron chi connectivity index (χ0n) is 24.4. The van der Waals surface area contributed by atoms with E-state index < -0.39 is 29.2 Å². The monoisotopic (exact) mass is 576 g/mol. The maximum atomic E-state index is 12.9. The number of pyridine rings is 1. The highest BCUT2D eigenvalue weighted by molar-refractivity contribution is 6.70. The molecule has 0 aliphatic rings. The second kappa shape index (κ2) is 12.5. The van der Waals surface area contributed by atoms with Crippen molar-refractivity contribution in [1.82, 2.24) is 19.7 Å². The molecule has 218 valence electrons. The number of aryl methyl sites for hydroxylation is 1. The van der Waals surface area contributed by atoms with Gasteiger partial charge in [-0.25, -0.2) is 19.3 Å². The van der Waals surface area contributed by atoms with Gasteiger partial charge < -0.3 is 24.7 Å². The number of carbonyl (C=O) groups is 3. The Morgan fingerprint density at radius 1 is 1.12 bits per heavy atom. The Balaban J connectivity index is 2.55. The number of aromatic nitrogens is 3. The Hall–Kier alpha value is -3.93. The van der Waals surface area contributed by atoms with Crippen LogP contribution in [0.5, 0.6) is 5.75 Å². The van der Waals surface area contributed by atoms with Gasteiger partial charge in [0, 0.05) is 23.7 Å². The third-order valence-corrected chi connectivity index (χ3v) is 5.51. The number of rotatable bonds is 8. The van der Waals surface area contributed by atoms with Gasteiger partial charge in [-0.15, -0.1) is 0 Å². The van der Waals surface area contributed by atoms with Crippen LogP contribution in [0.15, 0.2) is 23.6 Å². The second-order valence-electron chi connectivity index (χ2n) is 10.9. The molecule has 2 N–H and O–H groups in total. The first-order chi connectivity index (χ1) is 18.4. The highest BCUT2D eigenvalue weighted by Crippen LogP contribution is 2.27. The topological polar surface area (TPSA) is 151 Å². The SMILES string of the molecule is C=C(/N=C(/Cl)c1c(CC=O)nn(Cc2ncc(C)c(OC)c2C)c1N)N(C(=O)OC(C)(C)C)C(=O)OC(C)(C)C.